The molecule has 0 radical (unpaired) electrons. The van der Waals surface area contributed by atoms with Crippen molar-refractivity contribution in [1.29, 1.82) is 0 Å². The van der Waals surface area contributed by atoms with Gasteiger partial charge in [0.05, 0.1) is 5.41 Å². The molecule has 8 aromatic rings. The molecule has 3 aliphatic rings. The second-order valence-corrected chi connectivity index (χ2v) is 14.1. The fourth-order valence-electron chi connectivity index (χ4n) is 9.74. The molecule has 50 heavy (non-hydrogen) atoms. The van der Waals surface area contributed by atoms with E-state index in [2.05, 4.69) is 183 Å². The van der Waals surface area contributed by atoms with E-state index in [4.69, 9.17) is 4.74 Å². The molecule has 1 spiro atoms. The fraction of sp³-hybridized carbons (Fsp3) is 0.0612. The zero-order valence-corrected chi connectivity index (χ0v) is 27.7. The molecule has 11 rings (SSSR count). The number of rotatable bonds is 2. The quantitative estimate of drug-likeness (QED) is 0.183. The second-order valence-electron chi connectivity index (χ2n) is 14.1. The Morgan fingerprint density at radius 2 is 0.920 bits per heavy atom. The van der Waals surface area contributed by atoms with Crippen LogP contribution in [0.5, 0.6) is 11.5 Å². The van der Waals surface area contributed by atoms with E-state index in [1.165, 1.54) is 77.7 Å². The monoisotopic (exact) mass is 636 g/mol. The number of ether oxygens (including phenoxy) is 1. The van der Waals surface area contributed by atoms with Crippen LogP contribution in [-0.4, -0.2) is 0 Å². The van der Waals surface area contributed by atoms with Crippen molar-refractivity contribution in [2.75, 3.05) is 0 Å². The zero-order valence-electron chi connectivity index (χ0n) is 27.7. The lowest BCUT2D eigenvalue weighted by molar-refractivity contribution is 0.442. The van der Waals surface area contributed by atoms with Crippen molar-refractivity contribution in [2.45, 2.75) is 17.8 Å². The third kappa shape index (κ3) is 3.32. The van der Waals surface area contributed by atoms with Crippen molar-refractivity contribution in [3.8, 4) is 44.9 Å². The number of hydrogen-bond acceptors (Lipinski definition) is 1. The lowest BCUT2D eigenvalue weighted by atomic mass is 9.65. The normalized spacial score (nSPS) is 16.9. The highest BCUT2D eigenvalue weighted by atomic mass is 16.5. The third-order valence-corrected chi connectivity index (χ3v) is 11.8. The van der Waals surface area contributed by atoms with Crippen LogP contribution in [0.3, 0.4) is 0 Å². The van der Waals surface area contributed by atoms with Gasteiger partial charge in [-0.15, -0.1) is 0 Å². The van der Waals surface area contributed by atoms with E-state index in [1.54, 1.807) is 0 Å². The Balaban J connectivity index is 1.28. The summed E-state index contributed by atoms with van der Waals surface area (Å²) in [6.07, 6.45) is 0. The van der Waals surface area contributed by atoms with Crippen LogP contribution in [0, 0.1) is 0 Å². The molecule has 234 valence electrons. The van der Waals surface area contributed by atoms with Crippen molar-refractivity contribution in [3.05, 3.63) is 215 Å². The average Bonchev–Trinajstić information content (AvgIpc) is 3.63. The maximum Gasteiger partial charge on any atom is 0.140 e. The molecule has 0 N–H and O–H groups in total. The predicted octanol–water partition coefficient (Wildman–Crippen LogP) is 12.3. The van der Waals surface area contributed by atoms with E-state index in [1.807, 2.05) is 0 Å². The molecule has 1 atom stereocenters. The molecular formula is C49H32O. The molecule has 1 nitrogen and oxygen atoms in total. The SMILES string of the molecule is CC1(c2ccccc2)c2ccccc2-c2c(-c3cc4c(c5ccccc35)Oc3ccccc3C43c4ccccc4-c4ccccc43)cccc21. The lowest BCUT2D eigenvalue weighted by Crippen LogP contribution is -2.32. The molecular weight excluding hydrogens is 605 g/mol. The minimum Gasteiger partial charge on any atom is -0.456 e. The van der Waals surface area contributed by atoms with Crippen LogP contribution in [0.4, 0.5) is 0 Å². The van der Waals surface area contributed by atoms with E-state index in [0.717, 1.165) is 16.9 Å². The first-order chi connectivity index (χ1) is 24.7. The summed E-state index contributed by atoms with van der Waals surface area (Å²) >= 11 is 0. The van der Waals surface area contributed by atoms with Crippen LogP contribution >= 0.6 is 0 Å². The van der Waals surface area contributed by atoms with Gasteiger partial charge in [-0.3, -0.25) is 0 Å². The van der Waals surface area contributed by atoms with Gasteiger partial charge in [0.2, 0.25) is 0 Å². The van der Waals surface area contributed by atoms with E-state index in [9.17, 15) is 0 Å². The highest BCUT2D eigenvalue weighted by Gasteiger charge is 2.52. The summed E-state index contributed by atoms with van der Waals surface area (Å²) in [5.41, 5.74) is 15.9. The summed E-state index contributed by atoms with van der Waals surface area (Å²) in [6.45, 7) is 2.40. The Labute approximate surface area is 292 Å². The molecule has 0 aromatic heterocycles. The van der Waals surface area contributed by atoms with Gasteiger partial charge in [-0.25, -0.2) is 0 Å². The summed E-state index contributed by atoms with van der Waals surface area (Å²) in [4.78, 5) is 0. The molecule has 1 aliphatic heterocycles. The number of para-hydroxylation sites is 1. The molecule has 1 heterocycles. The van der Waals surface area contributed by atoms with Crippen molar-refractivity contribution in [2.24, 2.45) is 0 Å². The van der Waals surface area contributed by atoms with Crippen LogP contribution in [0.15, 0.2) is 176 Å². The first-order valence-corrected chi connectivity index (χ1v) is 17.5. The van der Waals surface area contributed by atoms with Crippen LogP contribution < -0.4 is 4.74 Å². The van der Waals surface area contributed by atoms with Crippen molar-refractivity contribution in [3.63, 3.8) is 0 Å². The van der Waals surface area contributed by atoms with E-state index < -0.39 is 5.41 Å². The minimum atomic E-state index is -0.537. The number of benzene rings is 8. The Hall–Kier alpha value is -6.18. The Kier molecular flexibility index (Phi) is 5.51. The maximum absolute atomic E-state index is 7.04. The first kappa shape index (κ1) is 27.7. The molecule has 0 bridgehead atoms. The zero-order chi connectivity index (χ0) is 33.0. The third-order valence-electron chi connectivity index (χ3n) is 11.8. The van der Waals surface area contributed by atoms with Gasteiger partial charge in [0, 0.05) is 21.9 Å². The van der Waals surface area contributed by atoms with Crippen LogP contribution in [-0.2, 0) is 10.8 Å². The highest BCUT2D eigenvalue weighted by Crippen LogP contribution is 2.64. The lowest BCUT2D eigenvalue weighted by Gasteiger charge is -2.40. The molecule has 0 saturated heterocycles. The van der Waals surface area contributed by atoms with E-state index in [-0.39, 0.29) is 5.41 Å². The molecule has 0 fully saturated rings. The van der Waals surface area contributed by atoms with E-state index in [0.29, 0.717) is 0 Å². The van der Waals surface area contributed by atoms with Crippen LogP contribution in [0.2, 0.25) is 0 Å². The Bertz CT molecular complexity index is 2660. The van der Waals surface area contributed by atoms with Gasteiger partial charge in [0.1, 0.15) is 11.5 Å². The molecule has 2 aliphatic carbocycles. The topological polar surface area (TPSA) is 9.23 Å². The Morgan fingerprint density at radius 1 is 0.380 bits per heavy atom. The predicted molar refractivity (Wildman–Crippen MR) is 204 cm³/mol. The highest BCUT2D eigenvalue weighted by molar-refractivity contribution is 6.07. The largest absolute Gasteiger partial charge is 0.456 e. The van der Waals surface area contributed by atoms with Gasteiger partial charge < -0.3 is 4.74 Å². The molecule has 0 amide bonds. The summed E-state index contributed by atoms with van der Waals surface area (Å²) in [5.74, 6) is 1.86. The summed E-state index contributed by atoms with van der Waals surface area (Å²) < 4.78 is 7.04. The first-order valence-electron chi connectivity index (χ1n) is 17.5. The van der Waals surface area contributed by atoms with Gasteiger partial charge >= 0.3 is 0 Å². The Morgan fingerprint density at radius 3 is 1.66 bits per heavy atom. The van der Waals surface area contributed by atoms with Crippen LogP contribution in [0.25, 0.3) is 44.2 Å². The summed E-state index contributed by atoms with van der Waals surface area (Å²) in [6, 6.07) is 64.9. The molecule has 8 aromatic carbocycles. The standard InChI is InChI=1S/C49H32O/c1-48(31-16-3-2-4-17-31)39-24-10-9-22-37(39)46-35(23-15-28-43(46)48)38-30-44-47(36-21-6-5-18-32(36)38)50-45-29-14-13-27-42(45)49(44)40-25-11-7-19-33(40)34-20-8-12-26-41(34)49/h2-30H,1H3. The fourth-order valence-corrected chi connectivity index (χ4v) is 9.74. The van der Waals surface area contributed by atoms with Gasteiger partial charge in [-0.05, 0) is 85.6 Å². The van der Waals surface area contributed by atoms with Gasteiger partial charge in [-0.1, -0.05) is 164 Å². The molecule has 1 unspecified atom stereocenters. The van der Waals surface area contributed by atoms with Gasteiger partial charge in [0.15, 0.2) is 0 Å². The summed E-state index contributed by atoms with van der Waals surface area (Å²) in [7, 11) is 0. The van der Waals surface area contributed by atoms with Gasteiger partial charge in [0.25, 0.3) is 0 Å². The number of fused-ring (bicyclic) bond motifs is 14. The molecule has 0 saturated carbocycles. The second kappa shape index (κ2) is 9.94. The van der Waals surface area contributed by atoms with E-state index >= 15 is 0 Å². The maximum atomic E-state index is 7.04. The van der Waals surface area contributed by atoms with Gasteiger partial charge in [-0.2, -0.15) is 0 Å². The molecule has 1 heteroatoms. The van der Waals surface area contributed by atoms with Crippen molar-refractivity contribution in [1.82, 2.24) is 0 Å². The van der Waals surface area contributed by atoms with Crippen LogP contribution in [0.1, 0.15) is 45.9 Å². The smallest absolute Gasteiger partial charge is 0.140 e. The van der Waals surface area contributed by atoms with Crippen molar-refractivity contribution < 1.29 is 4.74 Å². The van der Waals surface area contributed by atoms with Crippen molar-refractivity contribution >= 4 is 10.8 Å². The summed E-state index contributed by atoms with van der Waals surface area (Å²) in [5, 5.41) is 2.32. The average molecular weight is 637 g/mol. The number of hydrogen-bond donors (Lipinski definition) is 0. The minimum absolute atomic E-state index is 0.278.